The first-order chi connectivity index (χ1) is 16.2. The van der Waals surface area contributed by atoms with Gasteiger partial charge in [0.25, 0.3) is 0 Å². The molecule has 4 heterocycles. The van der Waals surface area contributed by atoms with Gasteiger partial charge in [-0.15, -0.1) is 0 Å². The molecule has 0 bridgehead atoms. The molecule has 1 aliphatic rings. The monoisotopic (exact) mass is 477 g/mol. The van der Waals surface area contributed by atoms with E-state index in [0.717, 1.165) is 16.8 Å². The molecular formula is C20H18F3N7O4. The van der Waals surface area contributed by atoms with Crippen LogP contribution >= 0.6 is 0 Å². The number of nitrogens with two attached hydrogens (primary N) is 2. The number of fused-ring (bicyclic) bond motifs is 1. The summed E-state index contributed by atoms with van der Waals surface area (Å²) in [4.78, 5) is 38.4. The van der Waals surface area contributed by atoms with E-state index in [4.69, 9.17) is 16.3 Å². The second-order valence-electron chi connectivity index (χ2n) is 7.45. The zero-order valence-corrected chi connectivity index (χ0v) is 17.6. The Morgan fingerprint density at radius 3 is 2.59 bits per heavy atom. The van der Waals surface area contributed by atoms with E-state index >= 15 is 4.39 Å². The first kappa shape index (κ1) is 23.0. The Hall–Kier alpha value is -4.20. The Kier molecular flexibility index (Phi) is 5.83. The van der Waals surface area contributed by atoms with Gasteiger partial charge in [-0.3, -0.25) is 9.36 Å². The van der Waals surface area contributed by atoms with Gasteiger partial charge in [0, 0.05) is 31.3 Å². The van der Waals surface area contributed by atoms with Gasteiger partial charge in [-0.1, -0.05) is 5.16 Å². The summed E-state index contributed by atoms with van der Waals surface area (Å²) in [6.07, 6.45) is 0.773. The van der Waals surface area contributed by atoms with Crippen LogP contribution in [0, 0.1) is 23.4 Å². The number of anilines is 2. The fourth-order valence-electron chi connectivity index (χ4n) is 3.74. The number of nitrogen functional groups attached to an aromatic ring is 1. The van der Waals surface area contributed by atoms with Crippen molar-refractivity contribution < 1.29 is 27.9 Å². The minimum absolute atomic E-state index is 0.110. The maximum atomic E-state index is 15.1. The number of carbonyl (C=O) groups is 1. The fraction of sp³-hybridized carbons (Fsp3) is 0.250. The molecule has 5 N–H and O–H groups in total. The van der Waals surface area contributed by atoms with E-state index in [1.165, 1.54) is 12.0 Å². The van der Waals surface area contributed by atoms with Gasteiger partial charge in [0.1, 0.15) is 12.7 Å². The average molecular weight is 477 g/mol. The molecule has 0 aliphatic carbocycles. The highest BCUT2D eigenvalue weighted by Gasteiger charge is 2.32. The number of rotatable bonds is 5. The maximum Gasteiger partial charge on any atom is 0.341 e. The highest BCUT2D eigenvalue weighted by Crippen LogP contribution is 2.28. The standard InChI is InChI=1S/C20H18F3N7O4/c1-34-28-14-7-29(5-8(14)4-24)18-12(22)2-9-15(31)10(20(32)33)6-30(17(9)27-18)19-13(23)3-11(21)16(25)26-19/h2-3,6,8H,4-5,7,24H2,1H3,(H2,25,26)(H,32,33)/b28-14+. The summed E-state index contributed by atoms with van der Waals surface area (Å²) < 4.78 is 44.2. The molecule has 4 rings (SSSR count). The number of oxime groups is 1. The van der Waals surface area contributed by atoms with E-state index in [1.807, 2.05) is 0 Å². The number of pyridine rings is 3. The fourth-order valence-corrected chi connectivity index (χ4v) is 3.74. The predicted molar refractivity (Wildman–Crippen MR) is 116 cm³/mol. The van der Waals surface area contributed by atoms with Gasteiger partial charge in [-0.25, -0.2) is 27.9 Å². The van der Waals surface area contributed by atoms with Crippen LogP contribution in [0.4, 0.5) is 24.8 Å². The van der Waals surface area contributed by atoms with Gasteiger partial charge in [0.15, 0.2) is 40.6 Å². The van der Waals surface area contributed by atoms with E-state index in [0.29, 0.717) is 11.8 Å². The van der Waals surface area contributed by atoms with E-state index in [9.17, 15) is 23.5 Å². The summed E-state index contributed by atoms with van der Waals surface area (Å²) in [6.45, 7) is 0.533. The first-order valence-electron chi connectivity index (χ1n) is 9.82. The third-order valence-electron chi connectivity index (χ3n) is 5.37. The minimum atomic E-state index is -1.65. The van der Waals surface area contributed by atoms with Crippen LogP contribution < -0.4 is 21.8 Å². The van der Waals surface area contributed by atoms with Crippen LogP contribution in [-0.4, -0.2) is 58.1 Å². The van der Waals surface area contributed by atoms with Crippen molar-refractivity contribution in [2.24, 2.45) is 16.8 Å². The highest BCUT2D eigenvalue weighted by atomic mass is 19.1. The van der Waals surface area contributed by atoms with E-state index < -0.39 is 51.4 Å². The average Bonchev–Trinajstić information content (AvgIpc) is 3.19. The molecule has 11 nitrogen and oxygen atoms in total. The second-order valence-corrected chi connectivity index (χ2v) is 7.45. The van der Waals surface area contributed by atoms with Gasteiger partial charge < -0.3 is 26.3 Å². The smallest absolute Gasteiger partial charge is 0.341 e. The van der Waals surface area contributed by atoms with Crippen LogP contribution in [0.5, 0.6) is 0 Å². The zero-order valence-electron chi connectivity index (χ0n) is 17.6. The van der Waals surface area contributed by atoms with Crippen molar-refractivity contribution in [3.63, 3.8) is 0 Å². The van der Waals surface area contributed by atoms with Crippen molar-refractivity contribution in [1.82, 2.24) is 14.5 Å². The number of carboxylic acid groups (broad SMARTS) is 1. The number of aromatic nitrogens is 3. The topological polar surface area (TPSA) is 162 Å². The molecule has 1 saturated heterocycles. The van der Waals surface area contributed by atoms with Crippen LogP contribution in [-0.2, 0) is 4.84 Å². The Balaban J connectivity index is 2.00. The third kappa shape index (κ3) is 3.77. The summed E-state index contributed by atoms with van der Waals surface area (Å²) >= 11 is 0. The molecule has 1 unspecified atom stereocenters. The summed E-state index contributed by atoms with van der Waals surface area (Å²) in [7, 11) is 1.35. The number of hydrogen-bond acceptors (Lipinski definition) is 9. The Bertz CT molecular complexity index is 1410. The van der Waals surface area contributed by atoms with Crippen molar-refractivity contribution in [3.8, 4) is 5.82 Å². The van der Waals surface area contributed by atoms with Crippen LogP contribution in [0.3, 0.4) is 0 Å². The molecule has 1 aliphatic heterocycles. The maximum absolute atomic E-state index is 15.1. The third-order valence-corrected chi connectivity index (χ3v) is 5.37. The molecule has 0 spiro atoms. The molecular weight excluding hydrogens is 459 g/mol. The molecule has 34 heavy (non-hydrogen) atoms. The highest BCUT2D eigenvalue weighted by molar-refractivity contribution is 5.95. The van der Waals surface area contributed by atoms with Crippen molar-refractivity contribution in [1.29, 1.82) is 0 Å². The molecule has 1 fully saturated rings. The Morgan fingerprint density at radius 2 is 1.94 bits per heavy atom. The van der Waals surface area contributed by atoms with E-state index in [1.54, 1.807) is 0 Å². The summed E-state index contributed by atoms with van der Waals surface area (Å²) in [5, 5.41) is 12.9. The summed E-state index contributed by atoms with van der Waals surface area (Å²) in [5.41, 5.74) is 9.60. The number of halogens is 3. The lowest BCUT2D eigenvalue weighted by molar-refractivity contribution is 0.0695. The molecule has 0 amide bonds. The number of carboxylic acids is 1. The van der Waals surface area contributed by atoms with Gasteiger partial charge in [-0.2, -0.15) is 0 Å². The molecule has 14 heteroatoms. The lowest BCUT2D eigenvalue weighted by Crippen LogP contribution is -2.26. The number of nitrogens with zero attached hydrogens (tertiary/aromatic N) is 5. The number of hydrogen-bond donors (Lipinski definition) is 3. The molecule has 178 valence electrons. The van der Waals surface area contributed by atoms with Crippen LogP contribution in [0.15, 0.2) is 28.3 Å². The first-order valence-corrected chi connectivity index (χ1v) is 9.82. The second kappa shape index (κ2) is 8.62. The predicted octanol–water partition coefficient (Wildman–Crippen LogP) is 0.876. The van der Waals surface area contributed by atoms with E-state index in [-0.39, 0.29) is 37.0 Å². The lowest BCUT2D eigenvalue weighted by Gasteiger charge is -2.19. The zero-order chi connectivity index (χ0) is 24.7. The summed E-state index contributed by atoms with van der Waals surface area (Å²) in [6, 6.07) is 1.25. The quantitative estimate of drug-likeness (QED) is 0.453. The molecule has 0 aromatic carbocycles. The molecule has 1 atom stereocenters. The SMILES string of the molecule is CO/N=C1\CN(c2nc3c(cc2F)c(=O)c(C(=O)O)cn3-c2nc(N)c(F)cc2F)CC1CN. The van der Waals surface area contributed by atoms with Crippen LogP contribution in [0.25, 0.3) is 16.9 Å². The minimum Gasteiger partial charge on any atom is -0.477 e. The molecule has 3 aromatic heterocycles. The lowest BCUT2D eigenvalue weighted by atomic mass is 10.1. The van der Waals surface area contributed by atoms with Crippen LogP contribution in [0.2, 0.25) is 0 Å². The van der Waals surface area contributed by atoms with Gasteiger partial charge >= 0.3 is 5.97 Å². The molecule has 0 saturated carbocycles. The Morgan fingerprint density at radius 1 is 1.24 bits per heavy atom. The Labute approximate surface area is 189 Å². The van der Waals surface area contributed by atoms with Gasteiger partial charge in [0.05, 0.1) is 17.6 Å². The van der Waals surface area contributed by atoms with Crippen molar-refractivity contribution in [3.05, 3.63) is 51.6 Å². The number of aromatic carboxylic acids is 1. The van der Waals surface area contributed by atoms with E-state index in [2.05, 4.69) is 15.1 Å². The van der Waals surface area contributed by atoms with Crippen molar-refractivity contribution in [2.45, 2.75) is 0 Å². The molecule has 3 aromatic rings. The van der Waals surface area contributed by atoms with Gasteiger partial charge in [-0.05, 0) is 6.07 Å². The normalized spacial score (nSPS) is 17.0. The van der Waals surface area contributed by atoms with Crippen LogP contribution in [0.1, 0.15) is 10.4 Å². The largest absolute Gasteiger partial charge is 0.477 e. The van der Waals surface area contributed by atoms with Crippen molar-refractivity contribution >= 4 is 34.4 Å². The van der Waals surface area contributed by atoms with Crippen molar-refractivity contribution in [2.75, 3.05) is 37.4 Å². The molecule has 0 radical (unpaired) electrons. The van der Waals surface area contributed by atoms with Gasteiger partial charge in [0.2, 0.25) is 5.43 Å². The summed E-state index contributed by atoms with van der Waals surface area (Å²) in [5.74, 6) is -6.71.